The standard InChI is InChI=1S/C10H12BrFO2/c1-14-6-10(13)4-7-2-8(11)5-9(12)3-7/h2-3,5,10,13H,4,6H2,1H3. The maximum Gasteiger partial charge on any atom is 0.124 e. The van der Waals surface area contributed by atoms with Crippen molar-refractivity contribution in [3.63, 3.8) is 0 Å². The van der Waals surface area contributed by atoms with Crippen molar-refractivity contribution in [3.8, 4) is 0 Å². The molecule has 0 amide bonds. The fraction of sp³-hybridized carbons (Fsp3) is 0.400. The van der Waals surface area contributed by atoms with Gasteiger partial charge in [-0.05, 0) is 23.8 Å². The molecular weight excluding hydrogens is 251 g/mol. The summed E-state index contributed by atoms with van der Waals surface area (Å²) in [5.74, 6) is -0.306. The highest BCUT2D eigenvalue weighted by Gasteiger charge is 2.06. The van der Waals surface area contributed by atoms with Crippen molar-refractivity contribution in [1.29, 1.82) is 0 Å². The molecular formula is C10H12BrFO2. The van der Waals surface area contributed by atoms with E-state index in [1.807, 2.05) is 0 Å². The van der Waals surface area contributed by atoms with Gasteiger partial charge in [-0.2, -0.15) is 0 Å². The predicted octanol–water partition coefficient (Wildman–Crippen LogP) is 2.14. The minimum absolute atomic E-state index is 0.258. The van der Waals surface area contributed by atoms with Gasteiger partial charge in [0.2, 0.25) is 0 Å². The smallest absolute Gasteiger partial charge is 0.124 e. The first kappa shape index (κ1) is 11.6. The molecule has 0 fully saturated rings. The third-order valence-corrected chi connectivity index (χ3v) is 2.21. The number of benzene rings is 1. The number of ether oxygens (including phenoxy) is 1. The number of aliphatic hydroxyl groups excluding tert-OH is 1. The molecule has 2 nitrogen and oxygen atoms in total. The molecule has 1 N–H and O–H groups in total. The van der Waals surface area contributed by atoms with E-state index in [1.54, 1.807) is 6.07 Å². The van der Waals surface area contributed by atoms with Crippen LogP contribution in [0.15, 0.2) is 22.7 Å². The van der Waals surface area contributed by atoms with E-state index in [9.17, 15) is 9.50 Å². The van der Waals surface area contributed by atoms with Gasteiger partial charge in [0, 0.05) is 18.0 Å². The number of aliphatic hydroxyl groups is 1. The van der Waals surface area contributed by atoms with Crippen molar-refractivity contribution in [2.45, 2.75) is 12.5 Å². The topological polar surface area (TPSA) is 29.5 Å². The van der Waals surface area contributed by atoms with E-state index in [1.165, 1.54) is 19.2 Å². The van der Waals surface area contributed by atoms with Crippen molar-refractivity contribution in [3.05, 3.63) is 34.1 Å². The quantitative estimate of drug-likeness (QED) is 0.901. The summed E-state index contributed by atoms with van der Waals surface area (Å²) >= 11 is 3.19. The summed E-state index contributed by atoms with van der Waals surface area (Å²) in [6.45, 7) is 0.258. The zero-order chi connectivity index (χ0) is 10.6. The number of hydrogen-bond donors (Lipinski definition) is 1. The van der Waals surface area contributed by atoms with Gasteiger partial charge in [-0.15, -0.1) is 0 Å². The van der Waals surface area contributed by atoms with Gasteiger partial charge in [0.25, 0.3) is 0 Å². The molecule has 1 rings (SSSR count). The first-order valence-corrected chi connectivity index (χ1v) is 5.03. The van der Waals surface area contributed by atoms with Crippen molar-refractivity contribution >= 4 is 15.9 Å². The Morgan fingerprint density at radius 1 is 1.50 bits per heavy atom. The number of methoxy groups -OCH3 is 1. The molecule has 0 spiro atoms. The third kappa shape index (κ3) is 3.74. The van der Waals surface area contributed by atoms with Crippen LogP contribution in [-0.2, 0) is 11.2 Å². The maximum absolute atomic E-state index is 12.9. The summed E-state index contributed by atoms with van der Waals surface area (Å²) in [5.41, 5.74) is 0.751. The van der Waals surface area contributed by atoms with Crippen LogP contribution in [0.5, 0.6) is 0 Å². The van der Waals surface area contributed by atoms with Crippen molar-refractivity contribution in [1.82, 2.24) is 0 Å². The van der Waals surface area contributed by atoms with Gasteiger partial charge in [0.15, 0.2) is 0 Å². The van der Waals surface area contributed by atoms with Gasteiger partial charge in [-0.3, -0.25) is 0 Å². The minimum atomic E-state index is -0.589. The molecule has 78 valence electrons. The number of halogens is 2. The highest BCUT2D eigenvalue weighted by molar-refractivity contribution is 9.10. The number of hydrogen-bond acceptors (Lipinski definition) is 2. The molecule has 0 aliphatic heterocycles. The second-order valence-corrected chi connectivity index (χ2v) is 4.01. The molecule has 0 saturated carbocycles. The SMILES string of the molecule is COCC(O)Cc1cc(F)cc(Br)c1. The second-order valence-electron chi connectivity index (χ2n) is 3.09. The minimum Gasteiger partial charge on any atom is -0.390 e. The van der Waals surface area contributed by atoms with Crippen LogP contribution >= 0.6 is 15.9 Å². The summed E-state index contributed by atoms with van der Waals surface area (Å²) in [6.07, 6.45) is -0.196. The Balaban J connectivity index is 2.66. The molecule has 1 unspecified atom stereocenters. The summed E-state index contributed by atoms with van der Waals surface area (Å²) in [7, 11) is 1.52. The van der Waals surface area contributed by atoms with E-state index in [4.69, 9.17) is 4.74 Å². The Labute approximate surface area is 90.8 Å². The fourth-order valence-corrected chi connectivity index (χ4v) is 1.76. The van der Waals surface area contributed by atoms with Crippen LogP contribution in [0.25, 0.3) is 0 Å². The van der Waals surface area contributed by atoms with E-state index < -0.39 is 6.10 Å². The highest BCUT2D eigenvalue weighted by atomic mass is 79.9. The molecule has 0 heterocycles. The maximum atomic E-state index is 12.9. The first-order chi connectivity index (χ1) is 6.61. The monoisotopic (exact) mass is 262 g/mol. The molecule has 0 aromatic heterocycles. The lowest BCUT2D eigenvalue weighted by Gasteiger charge is -2.09. The molecule has 0 saturated heterocycles. The van der Waals surface area contributed by atoms with Gasteiger partial charge < -0.3 is 9.84 Å². The highest BCUT2D eigenvalue weighted by Crippen LogP contribution is 2.16. The van der Waals surface area contributed by atoms with Crippen LogP contribution in [0.2, 0.25) is 0 Å². The molecule has 0 bridgehead atoms. The van der Waals surface area contributed by atoms with Crippen molar-refractivity contribution < 1.29 is 14.2 Å². The molecule has 1 aromatic carbocycles. The van der Waals surface area contributed by atoms with E-state index in [-0.39, 0.29) is 12.4 Å². The molecule has 0 aliphatic rings. The van der Waals surface area contributed by atoms with Gasteiger partial charge in [-0.25, -0.2) is 4.39 Å². The number of rotatable bonds is 4. The lowest BCUT2D eigenvalue weighted by atomic mass is 10.1. The van der Waals surface area contributed by atoms with Crippen molar-refractivity contribution in [2.75, 3.05) is 13.7 Å². The molecule has 1 aromatic rings. The van der Waals surface area contributed by atoms with Crippen LogP contribution in [0.1, 0.15) is 5.56 Å². The Bertz CT molecular complexity index is 284. The molecule has 1 atom stereocenters. The average molecular weight is 263 g/mol. The van der Waals surface area contributed by atoms with Crippen LogP contribution < -0.4 is 0 Å². The normalized spacial score (nSPS) is 12.9. The predicted molar refractivity (Wildman–Crippen MR) is 55.7 cm³/mol. The van der Waals surface area contributed by atoms with Crippen LogP contribution in [0, 0.1) is 5.82 Å². The van der Waals surface area contributed by atoms with E-state index in [0.29, 0.717) is 10.9 Å². The molecule has 0 aliphatic carbocycles. The van der Waals surface area contributed by atoms with Crippen LogP contribution in [-0.4, -0.2) is 24.9 Å². The average Bonchev–Trinajstić information content (AvgIpc) is 2.01. The lowest BCUT2D eigenvalue weighted by molar-refractivity contribution is 0.0650. The van der Waals surface area contributed by atoms with E-state index >= 15 is 0 Å². The summed E-state index contributed by atoms with van der Waals surface area (Å²) in [5, 5.41) is 9.42. The molecule has 4 heteroatoms. The summed E-state index contributed by atoms with van der Waals surface area (Å²) in [6, 6.07) is 4.57. The Kier molecular flexibility index (Phi) is 4.51. The van der Waals surface area contributed by atoms with Crippen molar-refractivity contribution in [2.24, 2.45) is 0 Å². The zero-order valence-electron chi connectivity index (χ0n) is 7.84. The van der Waals surface area contributed by atoms with Crippen LogP contribution in [0.4, 0.5) is 4.39 Å². The van der Waals surface area contributed by atoms with Gasteiger partial charge in [0.05, 0.1) is 12.7 Å². The van der Waals surface area contributed by atoms with Crippen LogP contribution in [0.3, 0.4) is 0 Å². The van der Waals surface area contributed by atoms with E-state index in [2.05, 4.69) is 15.9 Å². The molecule has 0 radical (unpaired) electrons. The third-order valence-electron chi connectivity index (χ3n) is 1.75. The van der Waals surface area contributed by atoms with E-state index in [0.717, 1.165) is 5.56 Å². The first-order valence-electron chi connectivity index (χ1n) is 4.24. The fourth-order valence-electron chi connectivity index (χ4n) is 1.25. The largest absolute Gasteiger partial charge is 0.390 e. The van der Waals surface area contributed by atoms with Gasteiger partial charge >= 0.3 is 0 Å². The summed E-state index contributed by atoms with van der Waals surface area (Å²) in [4.78, 5) is 0. The Morgan fingerprint density at radius 2 is 2.21 bits per heavy atom. The Morgan fingerprint density at radius 3 is 2.79 bits per heavy atom. The Hall–Kier alpha value is -0.450. The van der Waals surface area contributed by atoms with Gasteiger partial charge in [0.1, 0.15) is 5.82 Å². The van der Waals surface area contributed by atoms with Gasteiger partial charge in [-0.1, -0.05) is 15.9 Å². The lowest BCUT2D eigenvalue weighted by Crippen LogP contribution is -2.16. The second kappa shape index (κ2) is 5.44. The summed E-state index contributed by atoms with van der Waals surface area (Å²) < 4.78 is 18.4. The molecule has 14 heavy (non-hydrogen) atoms. The zero-order valence-corrected chi connectivity index (χ0v) is 9.42.